The third kappa shape index (κ3) is 3.34. The minimum absolute atomic E-state index is 0.187. The van der Waals surface area contributed by atoms with Gasteiger partial charge in [-0.1, -0.05) is 40.9 Å². The van der Waals surface area contributed by atoms with E-state index in [9.17, 15) is 0 Å². The van der Waals surface area contributed by atoms with Crippen LogP contribution < -0.4 is 5.73 Å². The summed E-state index contributed by atoms with van der Waals surface area (Å²) in [5.74, 6) is 0. The van der Waals surface area contributed by atoms with E-state index in [1.165, 1.54) is 31.2 Å². The van der Waals surface area contributed by atoms with Crippen molar-refractivity contribution >= 4 is 15.9 Å². The van der Waals surface area contributed by atoms with Gasteiger partial charge in [-0.15, -0.1) is 0 Å². The molecule has 3 rings (SSSR count). The molecule has 1 atom stereocenters. The predicted octanol–water partition coefficient (Wildman–Crippen LogP) is 2.96. The maximum absolute atomic E-state index is 6.73. The van der Waals surface area contributed by atoms with Crippen molar-refractivity contribution < 1.29 is 4.74 Å². The van der Waals surface area contributed by atoms with Gasteiger partial charge in [0.25, 0.3) is 0 Å². The van der Waals surface area contributed by atoms with Gasteiger partial charge in [0.15, 0.2) is 0 Å². The number of halogens is 1. The van der Waals surface area contributed by atoms with Crippen LogP contribution in [0.5, 0.6) is 0 Å². The Labute approximate surface area is 136 Å². The number of morpholine rings is 1. The first-order valence-electron chi connectivity index (χ1n) is 8.03. The van der Waals surface area contributed by atoms with Crippen molar-refractivity contribution in [2.45, 2.75) is 43.7 Å². The van der Waals surface area contributed by atoms with E-state index in [1.54, 1.807) is 0 Å². The smallest absolute Gasteiger partial charge is 0.0594 e. The van der Waals surface area contributed by atoms with Gasteiger partial charge < -0.3 is 10.5 Å². The largest absolute Gasteiger partial charge is 0.379 e. The second kappa shape index (κ2) is 6.78. The summed E-state index contributed by atoms with van der Waals surface area (Å²) in [6.07, 6.45) is 6.05. The van der Waals surface area contributed by atoms with Gasteiger partial charge in [0, 0.05) is 29.1 Å². The lowest BCUT2D eigenvalue weighted by Crippen LogP contribution is -2.61. The van der Waals surface area contributed by atoms with Gasteiger partial charge in [-0.3, -0.25) is 4.90 Å². The third-order valence-corrected chi connectivity index (χ3v) is 5.64. The summed E-state index contributed by atoms with van der Waals surface area (Å²) in [4.78, 5) is 2.62. The van der Waals surface area contributed by atoms with Gasteiger partial charge >= 0.3 is 0 Å². The Balaban J connectivity index is 1.76. The first-order valence-corrected chi connectivity index (χ1v) is 8.83. The van der Waals surface area contributed by atoms with Crippen LogP contribution in [0.3, 0.4) is 0 Å². The number of nitrogens with two attached hydrogens (primary N) is 1. The van der Waals surface area contributed by atoms with Crippen LogP contribution in [0.15, 0.2) is 28.7 Å². The summed E-state index contributed by atoms with van der Waals surface area (Å²) in [5, 5.41) is 0. The molecule has 1 aliphatic heterocycles. The third-order valence-electron chi connectivity index (χ3n) is 5.15. The number of benzene rings is 1. The lowest BCUT2D eigenvalue weighted by atomic mass is 9.82. The van der Waals surface area contributed by atoms with Crippen molar-refractivity contribution in [3.63, 3.8) is 0 Å². The number of nitrogens with zero attached hydrogens (tertiary/aromatic N) is 1. The summed E-state index contributed by atoms with van der Waals surface area (Å²) in [6, 6.07) is 8.76. The number of hydrogen-bond acceptors (Lipinski definition) is 3. The van der Waals surface area contributed by atoms with Crippen LogP contribution in [0.4, 0.5) is 0 Å². The summed E-state index contributed by atoms with van der Waals surface area (Å²) >= 11 is 3.56. The van der Waals surface area contributed by atoms with Crippen molar-refractivity contribution in [2.75, 3.05) is 26.3 Å². The lowest BCUT2D eigenvalue weighted by Gasteiger charge is -2.47. The highest BCUT2D eigenvalue weighted by atomic mass is 79.9. The molecule has 1 saturated carbocycles. The highest BCUT2D eigenvalue weighted by molar-refractivity contribution is 9.10. The molecule has 0 amide bonds. The van der Waals surface area contributed by atoms with E-state index < -0.39 is 0 Å². The van der Waals surface area contributed by atoms with E-state index in [0.717, 1.165) is 37.2 Å². The van der Waals surface area contributed by atoms with Crippen LogP contribution in [-0.2, 0) is 11.2 Å². The zero-order valence-electron chi connectivity index (χ0n) is 12.6. The summed E-state index contributed by atoms with van der Waals surface area (Å²) in [7, 11) is 0. The van der Waals surface area contributed by atoms with Crippen molar-refractivity contribution in [1.29, 1.82) is 0 Å². The Morgan fingerprint density at radius 3 is 2.62 bits per heavy atom. The molecule has 1 heterocycles. The molecule has 2 fully saturated rings. The van der Waals surface area contributed by atoms with E-state index >= 15 is 0 Å². The molecule has 116 valence electrons. The van der Waals surface area contributed by atoms with E-state index in [-0.39, 0.29) is 11.6 Å². The number of ether oxygens (including phenoxy) is 1. The van der Waals surface area contributed by atoms with Crippen LogP contribution in [0.25, 0.3) is 0 Å². The number of rotatable bonds is 4. The first kappa shape index (κ1) is 15.5. The standard InChI is InChI=1S/C17H25BrN2O/c18-15-5-3-4-14(12-15)13-16(19)17(6-1-2-7-17)20-8-10-21-11-9-20/h3-5,12,16H,1-2,6-11,13,19H2. The van der Waals surface area contributed by atoms with E-state index in [0.29, 0.717) is 0 Å². The molecule has 0 radical (unpaired) electrons. The molecule has 21 heavy (non-hydrogen) atoms. The molecule has 1 saturated heterocycles. The Kier molecular flexibility index (Phi) is 4.99. The fourth-order valence-corrected chi connectivity index (χ4v) is 4.47. The maximum Gasteiger partial charge on any atom is 0.0594 e. The summed E-state index contributed by atoms with van der Waals surface area (Å²) in [6.45, 7) is 3.77. The normalized spacial score (nSPS) is 24.1. The van der Waals surface area contributed by atoms with Gasteiger partial charge in [0.05, 0.1) is 13.2 Å². The zero-order valence-corrected chi connectivity index (χ0v) is 14.1. The minimum Gasteiger partial charge on any atom is -0.379 e. The molecular weight excluding hydrogens is 328 g/mol. The Morgan fingerprint density at radius 2 is 1.95 bits per heavy atom. The molecule has 1 aliphatic carbocycles. The van der Waals surface area contributed by atoms with E-state index in [1.807, 2.05) is 0 Å². The van der Waals surface area contributed by atoms with Gasteiger partial charge in [0.2, 0.25) is 0 Å². The van der Waals surface area contributed by atoms with Crippen LogP contribution in [0.1, 0.15) is 31.2 Å². The number of hydrogen-bond donors (Lipinski definition) is 1. The molecule has 2 aliphatic rings. The average Bonchev–Trinajstić information content (AvgIpc) is 2.99. The van der Waals surface area contributed by atoms with E-state index in [4.69, 9.17) is 10.5 Å². The Morgan fingerprint density at radius 1 is 1.24 bits per heavy atom. The molecular formula is C17H25BrN2O. The van der Waals surface area contributed by atoms with Gasteiger partial charge in [-0.25, -0.2) is 0 Å². The quantitative estimate of drug-likeness (QED) is 0.905. The molecule has 1 aromatic carbocycles. The SMILES string of the molecule is NC(Cc1cccc(Br)c1)C1(N2CCOCC2)CCCC1. The maximum atomic E-state index is 6.73. The van der Waals surface area contributed by atoms with Crippen molar-refractivity contribution in [3.05, 3.63) is 34.3 Å². The molecule has 3 nitrogen and oxygen atoms in total. The second-order valence-electron chi connectivity index (χ2n) is 6.35. The average molecular weight is 353 g/mol. The topological polar surface area (TPSA) is 38.5 Å². The van der Waals surface area contributed by atoms with Crippen LogP contribution in [0.2, 0.25) is 0 Å². The van der Waals surface area contributed by atoms with Crippen molar-refractivity contribution in [3.8, 4) is 0 Å². The Hall–Kier alpha value is -0.420. The molecule has 0 spiro atoms. The predicted molar refractivity (Wildman–Crippen MR) is 89.4 cm³/mol. The molecule has 1 aromatic rings. The van der Waals surface area contributed by atoms with Crippen LogP contribution in [0, 0.1) is 0 Å². The fourth-order valence-electron chi connectivity index (χ4n) is 4.03. The highest BCUT2D eigenvalue weighted by Gasteiger charge is 2.44. The highest BCUT2D eigenvalue weighted by Crippen LogP contribution is 2.39. The van der Waals surface area contributed by atoms with E-state index in [2.05, 4.69) is 45.1 Å². The van der Waals surface area contributed by atoms with Gasteiger partial charge in [-0.05, 0) is 37.0 Å². The lowest BCUT2D eigenvalue weighted by molar-refractivity contribution is -0.0305. The monoisotopic (exact) mass is 352 g/mol. The van der Waals surface area contributed by atoms with Gasteiger partial charge in [-0.2, -0.15) is 0 Å². The van der Waals surface area contributed by atoms with Gasteiger partial charge in [0.1, 0.15) is 0 Å². The minimum atomic E-state index is 0.187. The zero-order chi connectivity index (χ0) is 14.7. The Bertz CT molecular complexity index is 468. The van der Waals surface area contributed by atoms with Crippen LogP contribution in [-0.4, -0.2) is 42.8 Å². The molecule has 0 aromatic heterocycles. The molecule has 0 bridgehead atoms. The van der Waals surface area contributed by atoms with Crippen LogP contribution >= 0.6 is 15.9 Å². The summed E-state index contributed by atoms with van der Waals surface area (Å²) in [5.41, 5.74) is 8.25. The molecule has 2 N–H and O–H groups in total. The molecule has 1 unspecified atom stereocenters. The van der Waals surface area contributed by atoms with Crippen molar-refractivity contribution in [2.24, 2.45) is 5.73 Å². The first-order chi connectivity index (χ1) is 10.2. The molecule has 4 heteroatoms. The second-order valence-corrected chi connectivity index (χ2v) is 7.27. The summed E-state index contributed by atoms with van der Waals surface area (Å²) < 4.78 is 6.67. The van der Waals surface area contributed by atoms with Crippen molar-refractivity contribution in [1.82, 2.24) is 4.90 Å². The fraction of sp³-hybridized carbons (Fsp3) is 0.647.